The number of nitrogens with zero attached hydrogens (tertiary/aromatic N) is 1. The van der Waals surface area contributed by atoms with Gasteiger partial charge in [0.2, 0.25) is 0 Å². The van der Waals surface area contributed by atoms with E-state index in [0.717, 1.165) is 18.4 Å². The van der Waals surface area contributed by atoms with Gasteiger partial charge in [-0.3, -0.25) is 9.59 Å². The van der Waals surface area contributed by atoms with E-state index in [1.54, 1.807) is 26.2 Å². The van der Waals surface area contributed by atoms with Gasteiger partial charge in [0.05, 0.1) is 0 Å². The monoisotopic (exact) mass is 320 g/mol. The Morgan fingerprint density at radius 2 is 2.00 bits per heavy atom. The third-order valence-electron chi connectivity index (χ3n) is 3.79. The summed E-state index contributed by atoms with van der Waals surface area (Å²) in [5.41, 5.74) is 1.43. The van der Waals surface area contributed by atoms with Crippen LogP contribution in [0.1, 0.15) is 28.8 Å². The fraction of sp³-hybridized carbons (Fsp3) is 0.529. The number of nitrogens with one attached hydrogen (secondary N) is 1. The van der Waals surface area contributed by atoms with E-state index in [9.17, 15) is 9.59 Å². The van der Waals surface area contributed by atoms with Crippen molar-refractivity contribution in [3.63, 3.8) is 0 Å². The van der Waals surface area contributed by atoms with Crippen LogP contribution < -0.4 is 10.1 Å². The van der Waals surface area contributed by atoms with E-state index in [-0.39, 0.29) is 24.5 Å². The second kappa shape index (κ2) is 7.97. The van der Waals surface area contributed by atoms with Gasteiger partial charge < -0.3 is 19.7 Å². The van der Waals surface area contributed by atoms with Crippen molar-refractivity contribution in [1.82, 2.24) is 10.2 Å². The highest BCUT2D eigenvalue weighted by molar-refractivity contribution is 5.94. The summed E-state index contributed by atoms with van der Waals surface area (Å²) in [6.07, 6.45) is 1.66. The molecule has 0 unspecified atom stereocenters. The number of amides is 2. The first-order chi connectivity index (χ1) is 11.0. The van der Waals surface area contributed by atoms with Gasteiger partial charge >= 0.3 is 0 Å². The zero-order valence-electron chi connectivity index (χ0n) is 13.9. The zero-order chi connectivity index (χ0) is 16.8. The number of carbonyl (C=O) groups excluding carboxylic acids is 2. The summed E-state index contributed by atoms with van der Waals surface area (Å²) in [7, 11) is 3.40. The largest absolute Gasteiger partial charge is 0.483 e. The molecule has 0 radical (unpaired) electrons. The molecule has 23 heavy (non-hydrogen) atoms. The predicted octanol–water partition coefficient (Wildman–Crippen LogP) is 1.37. The summed E-state index contributed by atoms with van der Waals surface area (Å²) in [4.78, 5) is 25.5. The van der Waals surface area contributed by atoms with Crippen LogP contribution in [0.3, 0.4) is 0 Å². The molecule has 6 heteroatoms. The Morgan fingerprint density at radius 3 is 2.65 bits per heavy atom. The minimum atomic E-state index is -0.152. The van der Waals surface area contributed by atoms with Crippen LogP contribution in [-0.4, -0.2) is 56.7 Å². The van der Waals surface area contributed by atoms with Crippen LogP contribution in [0.5, 0.6) is 5.75 Å². The van der Waals surface area contributed by atoms with Gasteiger partial charge in [0.25, 0.3) is 11.8 Å². The molecule has 1 aliphatic heterocycles. The van der Waals surface area contributed by atoms with Gasteiger partial charge in [0.1, 0.15) is 5.75 Å². The lowest BCUT2D eigenvalue weighted by atomic mass is 10.1. The van der Waals surface area contributed by atoms with Crippen molar-refractivity contribution in [2.75, 3.05) is 33.9 Å². The third kappa shape index (κ3) is 4.96. The highest BCUT2D eigenvalue weighted by atomic mass is 16.5. The molecular weight excluding hydrogens is 296 g/mol. The molecule has 2 rings (SSSR count). The van der Waals surface area contributed by atoms with Gasteiger partial charge in [-0.15, -0.1) is 0 Å². The van der Waals surface area contributed by atoms with Crippen molar-refractivity contribution < 1.29 is 19.1 Å². The standard InChI is InChI=1S/C17H24N2O4/c1-12-4-5-13(17(21)19(2)3)10-15(12)23-11-16(20)18-14-6-8-22-9-7-14/h4-5,10,14H,6-9,11H2,1-3H3,(H,18,20). The molecule has 1 heterocycles. The number of hydrogen-bond donors (Lipinski definition) is 1. The molecule has 126 valence electrons. The predicted molar refractivity (Wildman–Crippen MR) is 86.7 cm³/mol. The molecule has 1 aromatic carbocycles. The highest BCUT2D eigenvalue weighted by Crippen LogP contribution is 2.20. The first-order valence-electron chi connectivity index (χ1n) is 7.79. The van der Waals surface area contributed by atoms with Crippen LogP contribution in [0.15, 0.2) is 18.2 Å². The Kier molecular flexibility index (Phi) is 5.98. The van der Waals surface area contributed by atoms with E-state index >= 15 is 0 Å². The van der Waals surface area contributed by atoms with E-state index in [1.807, 2.05) is 13.0 Å². The Morgan fingerprint density at radius 1 is 1.30 bits per heavy atom. The molecule has 0 atom stereocenters. The molecule has 1 saturated heterocycles. The fourth-order valence-corrected chi connectivity index (χ4v) is 2.40. The van der Waals surface area contributed by atoms with Gasteiger partial charge in [0.15, 0.2) is 6.61 Å². The average molecular weight is 320 g/mol. The highest BCUT2D eigenvalue weighted by Gasteiger charge is 2.17. The number of benzene rings is 1. The van der Waals surface area contributed by atoms with Gasteiger partial charge in [-0.05, 0) is 37.5 Å². The maximum absolute atomic E-state index is 12.0. The molecule has 1 N–H and O–H groups in total. The summed E-state index contributed by atoms with van der Waals surface area (Å²) in [5, 5.41) is 2.95. The van der Waals surface area contributed by atoms with Crippen LogP contribution in [0, 0.1) is 6.92 Å². The molecule has 0 aliphatic carbocycles. The number of ether oxygens (including phenoxy) is 2. The van der Waals surface area contributed by atoms with Crippen molar-refractivity contribution in [2.45, 2.75) is 25.8 Å². The molecule has 0 spiro atoms. The lowest BCUT2D eigenvalue weighted by Gasteiger charge is -2.23. The number of aryl methyl sites for hydroxylation is 1. The summed E-state index contributed by atoms with van der Waals surface area (Å²) >= 11 is 0. The van der Waals surface area contributed by atoms with Crippen molar-refractivity contribution in [3.05, 3.63) is 29.3 Å². The molecule has 2 amide bonds. The van der Waals surface area contributed by atoms with Crippen molar-refractivity contribution in [2.24, 2.45) is 0 Å². The molecule has 0 bridgehead atoms. The zero-order valence-corrected chi connectivity index (χ0v) is 13.9. The molecule has 1 aliphatic rings. The molecular formula is C17H24N2O4. The molecule has 6 nitrogen and oxygen atoms in total. The maximum atomic E-state index is 12.0. The average Bonchev–Trinajstić information content (AvgIpc) is 2.54. The Hall–Kier alpha value is -2.08. The van der Waals surface area contributed by atoms with Gasteiger partial charge in [-0.2, -0.15) is 0 Å². The lowest BCUT2D eigenvalue weighted by Crippen LogP contribution is -2.41. The van der Waals surface area contributed by atoms with Crippen molar-refractivity contribution in [1.29, 1.82) is 0 Å². The number of carbonyl (C=O) groups is 2. The van der Waals surface area contributed by atoms with Gasteiger partial charge in [-0.25, -0.2) is 0 Å². The smallest absolute Gasteiger partial charge is 0.258 e. The number of rotatable bonds is 5. The van der Waals surface area contributed by atoms with Crippen molar-refractivity contribution >= 4 is 11.8 Å². The van der Waals surface area contributed by atoms with E-state index in [4.69, 9.17) is 9.47 Å². The Bertz CT molecular complexity index is 566. The topological polar surface area (TPSA) is 67.9 Å². The maximum Gasteiger partial charge on any atom is 0.258 e. The number of hydrogen-bond acceptors (Lipinski definition) is 4. The van der Waals surface area contributed by atoms with E-state index in [2.05, 4.69) is 5.32 Å². The SMILES string of the molecule is Cc1ccc(C(=O)N(C)C)cc1OCC(=O)NC1CCOCC1. The molecule has 1 fully saturated rings. The van der Waals surface area contributed by atoms with Gasteiger partial charge in [0, 0.05) is 38.9 Å². The molecule has 1 aromatic rings. The third-order valence-corrected chi connectivity index (χ3v) is 3.79. The second-order valence-electron chi connectivity index (χ2n) is 5.92. The normalized spacial score (nSPS) is 15.1. The summed E-state index contributed by atoms with van der Waals surface area (Å²) in [5.74, 6) is 0.307. The quantitative estimate of drug-likeness (QED) is 0.890. The van der Waals surface area contributed by atoms with E-state index in [1.165, 1.54) is 4.90 Å². The fourth-order valence-electron chi connectivity index (χ4n) is 2.40. The Balaban J connectivity index is 1.92. The lowest BCUT2D eigenvalue weighted by molar-refractivity contribution is -0.124. The summed E-state index contributed by atoms with van der Waals surface area (Å²) in [6, 6.07) is 5.41. The minimum Gasteiger partial charge on any atom is -0.483 e. The van der Waals surface area contributed by atoms with Gasteiger partial charge in [-0.1, -0.05) is 6.07 Å². The van der Waals surface area contributed by atoms with E-state index in [0.29, 0.717) is 24.5 Å². The van der Waals surface area contributed by atoms with Crippen LogP contribution in [0.2, 0.25) is 0 Å². The summed E-state index contributed by atoms with van der Waals surface area (Å²) < 4.78 is 10.9. The van der Waals surface area contributed by atoms with Crippen molar-refractivity contribution in [3.8, 4) is 5.75 Å². The second-order valence-corrected chi connectivity index (χ2v) is 5.92. The summed E-state index contributed by atoms with van der Waals surface area (Å²) in [6.45, 7) is 3.19. The van der Waals surface area contributed by atoms with Crippen LogP contribution in [0.25, 0.3) is 0 Å². The first kappa shape index (κ1) is 17.3. The Labute approximate surface area is 136 Å². The van der Waals surface area contributed by atoms with Crippen LogP contribution in [0.4, 0.5) is 0 Å². The molecule has 0 aromatic heterocycles. The van der Waals surface area contributed by atoms with Crippen LogP contribution in [-0.2, 0) is 9.53 Å². The first-order valence-corrected chi connectivity index (χ1v) is 7.79. The van der Waals surface area contributed by atoms with E-state index < -0.39 is 0 Å². The van der Waals surface area contributed by atoms with Crippen LogP contribution >= 0.6 is 0 Å². The molecule has 0 saturated carbocycles. The minimum absolute atomic E-state index is 0.0577.